The lowest BCUT2D eigenvalue weighted by atomic mass is 9.76. The molecule has 2 aliphatic rings. The van der Waals surface area contributed by atoms with Gasteiger partial charge in [-0.25, -0.2) is 0 Å². The summed E-state index contributed by atoms with van der Waals surface area (Å²) in [5.41, 5.74) is -1.02. The van der Waals surface area contributed by atoms with Crippen molar-refractivity contribution < 1.29 is 27.2 Å². The van der Waals surface area contributed by atoms with E-state index in [2.05, 4.69) is 0 Å². The van der Waals surface area contributed by atoms with Crippen LogP contribution in [0.2, 0.25) is 0 Å². The highest BCUT2D eigenvalue weighted by Gasteiger charge is 2.52. The van der Waals surface area contributed by atoms with Crippen LogP contribution in [0.25, 0.3) is 0 Å². The zero-order valence-corrected chi connectivity index (χ0v) is 13.9. The first-order chi connectivity index (χ1) is 10.4. The maximum atomic E-state index is 13.4. The maximum Gasteiger partial charge on any atom is 0.494 e. The minimum atomic E-state index is -4.48. The van der Waals surface area contributed by atoms with E-state index in [-0.39, 0.29) is 18.3 Å². The number of hydrogen-bond donors (Lipinski definition) is 0. The lowest BCUT2D eigenvalue weighted by molar-refractivity contribution is -0.138. The molecule has 7 heteroatoms. The SMILES string of the molecule is CC1COc2c1cc(B1OC(C)(C)C(C)(C)O1)cc2C(F)(F)F. The van der Waals surface area contributed by atoms with E-state index < -0.39 is 30.1 Å². The molecule has 0 amide bonds. The number of halogens is 3. The van der Waals surface area contributed by atoms with Gasteiger partial charge < -0.3 is 14.0 Å². The summed E-state index contributed by atoms with van der Waals surface area (Å²) in [6.45, 7) is 9.59. The van der Waals surface area contributed by atoms with E-state index in [1.165, 1.54) is 0 Å². The van der Waals surface area contributed by atoms with Crippen LogP contribution in [0.15, 0.2) is 12.1 Å². The lowest BCUT2D eigenvalue weighted by Gasteiger charge is -2.32. The summed E-state index contributed by atoms with van der Waals surface area (Å²) in [4.78, 5) is 0. The van der Waals surface area contributed by atoms with Gasteiger partial charge in [0.25, 0.3) is 0 Å². The topological polar surface area (TPSA) is 27.7 Å². The van der Waals surface area contributed by atoms with E-state index in [1.807, 2.05) is 34.6 Å². The van der Waals surface area contributed by atoms with Crippen molar-refractivity contribution in [1.82, 2.24) is 0 Å². The van der Waals surface area contributed by atoms with Gasteiger partial charge >= 0.3 is 13.3 Å². The van der Waals surface area contributed by atoms with Crippen molar-refractivity contribution in [3.05, 3.63) is 23.3 Å². The first-order valence-corrected chi connectivity index (χ1v) is 7.66. The van der Waals surface area contributed by atoms with Crippen LogP contribution in [0.3, 0.4) is 0 Å². The van der Waals surface area contributed by atoms with Gasteiger partial charge in [-0.3, -0.25) is 0 Å². The Labute approximate surface area is 134 Å². The van der Waals surface area contributed by atoms with Gasteiger partial charge in [0.2, 0.25) is 0 Å². The van der Waals surface area contributed by atoms with Gasteiger partial charge in [-0.15, -0.1) is 0 Å². The third-order valence-electron chi connectivity index (χ3n) is 4.98. The molecule has 1 aromatic carbocycles. The van der Waals surface area contributed by atoms with E-state index >= 15 is 0 Å². The van der Waals surface area contributed by atoms with Gasteiger partial charge in [-0.1, -0.05) is 13.0 Å². The molecule has 3 rings (SSSR count). The summed E-state index contributed by atoms with van der Waals surface area (Å²) in [5.74, 6) is -0.154. The molecule has 1 fully saturated rings. The second-order valence-electron chi connectivity index (χ2n) is 7.28. The highest BCUT2D eigenvalue weighted by molar-refractivity contribution is 6.62. The molecule has 1 atom stereocenters. The average Bonchev–Trinajstić information content (AvgIpc) is 2.86. The van der Waals surface area contributed by atoms with E-state index in [9.17, 15) is 13.2 Å². The molecule has 23 heavy (non-hydrogen) atoms. The largest absolute Gasteiger partial charge is 0.494 e. The summed E-state index contributed by atoms with van der Waals surface area (Å²) < 4.78 is 57.2. The van der Waals surface area contributed by atoms with E-state index in [1.54, 1.807) is 6.07 Å². The number of alkyl halides is 3. The molecule has 0 spiro atoms. The molecular formula is C16H20BF3O3. The van der Waals surface area contributed by atoms with Gasteiger partial charge in [-0.05, 0) is 39.2 Å². The summed E-state index contributed by atoms with van der Waals surface area (Å²) in [6.07, 6.45) is -4.48. The van der Waals surface area contributed by atoms with Crippen LogP contribution in [-0.2, 0) is 15.5 Å². The van der Waals surface area contributed by atoms with Crippen molar-refractivity contribution in [2.24, 2.45) is 0 Å². The third-order valence-corrected chi connectivity index (χ3v) is 4.98. The van der Waals surface area contributed by atoms with Gasteiger partial charge in [-0.2, -0.15) is 13.2 Å². The van der Waals surface area contributed by atoms with Crippen molar-refractivity contribution >= 4 is 12.6 Å². The molecule has 0 bridgehead atoms. The minimum Gasteiger partial charge on any atom is -0.492 e. The van der Waals surface area contributed by atoms with Gasteiger partial charge in [0.05, 0.1) is 23.4 Å². The molecule has 126 valence electrons. The molecule has 0 saturated carbocycles. The molecule has 1 aromatic rings. The van der Waals surface area contributed by atoms with Crippen LogP contribution in [0.5, 0.6) is 5.75 Å². The van der Waals surface area contributed by atoms with Crippen LogP contribution < -0.4 is 10.2 Å². The molecular weight excluding hydrogens is 308 g/mol. The highest BCUT2D eigenvalue weighted by atomic mass is 19.4. The number of benzene rings is 1. The van der Waals surface area contributed by atoms with E-state index in [0.717, 1.165) is 6.07 Å². The van der Waals surface area contributed by atoms with Gasteiger partial charge in [0.1, 0.15) is 5.75 Å². The number of fused-ring (bicyclic) bond motifs is 1. The fourth-order valence-corrected chi connectivity index (χ4v) is 2.83. The summed E-state index contributed by atoms with van der Waals surface area (Å²) >= 11 is 0. The van der Waals surface area contributed by atoms with E-state index in [4.69, 9.17) is 14.0 Å². The Morgan fingerprint density at radius 3 is 2.17 bits per heavy atom. The molecule has 2 aliphatic heterocycles. The third kappa shape index (κ3) is 2.64. The first-order valence-electron chi connectivity index (χ1n) is 7.66. The zero-order valence-electron chi connectivity index (χ0n) is 13.9. The monoisotopic (exact) mass is 328 g/mol. The van der Waals surface area contributed by atoms with Crippen LogP contribution in [0.4, 0.5) is 13.2 Å². The molecule has 0 aliphatic carbocycles. The Hall–Kier alpha value is -1.21. The number of rotatable bonds is 1. The predicted molar refractivity (Wildman–Crippen MR) is 81.1 cm³/mol. The number of hydrogen-bond acceptors (Lipinski definition) is 3. The Balaban J connectivity index is 2.07. The quantitative estimate of drug-likeness (QED) is 0.739. The van der Waals surface area contributed by atoms with Gasteiger partial charge in [0.15, 0.2) is 0 Å². The summed E-state index contributed by atoms with van der Waals surface area (Å²) in [5, 5.41) is 0. The van der Waals surface area contributed by atoms with Crippen molar-refractivity contribution in [3.8, 4) is 5.75 Å². The van der Waals surface area contributed by atoms with Crippen LogP contribution in [0, 0.1) is 0 Å². The minimum absolute atomic E-state index is 0.0646. The molecule has 2 heterocycles. The fraction of sp³-hybridized carbons (Fsp3) is 0.625. The van der Waals surface area contributed by atoms with Crippen LogP contribution >= 0.6 is 0 Å². The highest BCUT2D eigenvalue weighted by Crippen LogP contribution is 2.44. The lowest BCUT2D eigenvalue weighted by Crippen LogP contribution is -2.41. The number of ether oxygens (including phenoxy) is 1. The zero-order chi connectivity index (χ0) is 17.2. The first kappa shape index (κ1) is 16.6. The molecule has 0 radical (unpaired) electrons. The normalized spacial score (nSPS) is 25.4. The predicted octanol–water partition coefficient (Wildman–Crippen LogP) is 3.50. The Bertz CT molecular complexity index is 624. The smallest absolute Gasteiger partial charge is 0.492 e. The molecule has 3 nitrogen and oxygen atoms in total. The van der Waals surface area contributed by atoms with Crippen molar-refractivity contribution in [1.29, 1.82) is 0 Å². The summed E-state index contributed by atoms with van der Waals surface area (Å²) in [7, 11) is -0.820. The van der Waals surface area contributed by atoms with Crippen LogP contribution in [-0.4, -0.2) is 24.9 Å². The molecule has 1 unspecified atom stereocenters. The van der Waals surface area contributed by atoms with Crippen molar-refractivity contribution in [2.45, 2.75) is 57.9 Å². The second kappa shape index (κ2) is 4.90. The standard InChI is InChI=1S/C16H20BF3O3/c1-9-8-21-13-11(9)6-10(7-12(13)16(18,19)20)17-22-14(2,3)15(4,5)23-17/h6-7,9H,8H2,1-5H3. The van der Waals surface area contributed by atoms with Crippen LogP contribution in [0.1, 0.15) is 51.7 Å². The second-order valence-corrected chi connectivity index (χ2v) is 7.28. The molecule has 0 N–H and O–H groups in total. The van der Waals surface area contributed by atoms with Crippen molar-refractivity contribution in [3.63, 3.8) is 0 Å². The Morgan fingerprint density at radius 1 is 1.09 bits per heavy atom. The molecule has 0 aromatic heterocycles. The van der Waals surface area contributed by atoms with Gasteiger partial charge in [0, 0.05) is 11.5 Å². The Morgan fingerprint density at radius 2 is 1.65 bits per heavy atom. The average molecular weight is 328 g/mol. The summed E-state index contributed by atoms with van der Waals surface area (Å²) in [6, 6.07) is 2.80. The fourth-order valence-electron chi connectivity index (χ4n) is 2.83. The van der Waals surface area contributed by atoms with E-state index in [0.29, 0.717) is 11.0 Å². The van der Waals surface area contributed by atoms with Crippen molar-refractivity contribution in [2.75, 3.05) is 6.61 Å². The molecule has 1 saturated heterocycles. The maximum absolute atomic E-state index is 13.4. The Kier molecular flexibility index (Phi) is 3.54.